The molecule has 0 unspecified atom stereocenters. The minimum absolute atomic E-state index is 0.0185. The van der Waals surface area contributed by atoms with Gasteiger partial charge in [-0.2, -0.15) is 0 Å². The standard InChI is InChI=1S/C17H25NO3/c1-11(2)12(3)15(19)18-14-9-7-13(8-10-14)16(20)21-17(4,5)6/h7-12H,1-6H3,(H,18,19)/t12-/m0/s1. The number of rotatable bonds is 4. The molecule has 1 aromatic rings. The van der Waals surface area contributed by atoms with E-state index >= 15 is 0 Å². The SMILES string of the molecule is CC(C)[C@H](C)C(=O)Nc1ccc(C(=O)OC(C)(C)C)cc1. The number of carbonyl (C=O) groups excluding carboxylic acids is 2. The Hall–Kier alpha value is -1.84. The van der Waals surface area contributed by atoms with E-state index in [1.165, 1.54) is 0 Å². The lowest BCUT2D eigenvalue weighted by atomic mass is 9.97. The molecule has 0 saturated carbocycles. The maximum absolute atomic E-state index is 12.0. The first-order valence-electron chi connectivity index (χ1n) is 7.24. The summed E-state index contributed by atoms with van der Waals surface area (Å²) in [5.41, 5.74) is 0.635. The van der Waals surface area contributed by atoms with E-state index in [9.17, 15) is 9.59 Å². The third kappa shape index (κ3) is 5.58. The minimum Gasteiger partial charge on any atom is -0.456 e. The summed E-state index contributed by atoms with van der Waals surface area (Å²) in [7, 11) is 0. The molecule has 0 aliphatic rings. The third-order valence-electron chi connectivity index (χ3n) is 3.20. The van der Waals surface area contributed by atoms with Gasteiger partial charge in [-0.05, 0) is 51.0 Å². The number of hydrogen-bond acceptors (Lipinski definition) is 3. The van der Waals surface area contributed by atoms with Crippen LogP contribution >= 0.6 is 0 Å². The van der Waals surface area contributed by atoms with Crippen molar-refractivity contribution in [1.82, 2.24) is 0 Å². The molecule has 0 heterocycles. The van der Waals surface area contributed by atoms with Gasteiger partial charge < -0.3 is 10.1 Å². The zero-order valence-corrected chi connectivity index (χ0v) is 13.7. The van der Waals surface area contributed by atoms with Crippen molar-refractivity contribution in [2.75, 3.05) is 5.32 Å². The number of ether oxygens (including phenoxy) is 1. The molecule has 0 fully saturated rings. The summed E-state index contributed by atoms with van der Waals surface area (Å²) in [5, 5.41) is 2.85. The van der Waals surface area contributed by atoms with Gasteiger partial charge in [0.25, 0.3) is 0 Å². The Labute approximate surface area is 126 Å². The fourth-order valence-corrected chi connectivity index (χ4v) is 1.59. The van der Waals surface area contributed by atoms with Crippen molar-refractivity contribution in [1.29, 1.82) is 0 Å². The minimum atomic E-state index is -0.517. The van der Waals surface area contributed by atoms with E-state index in [4.69, 9.17) is 4.74 Å². The molecule has 0 aliphatic carbocycles. The van der Waals surface area contributed by atoms with Crippen molar-refractivity contribution >= 4 is 17.6 Å². The molecule has 116 valence electrons. The smallest absolute Gasteiger partial charge is 0.338 e. The van der Waals surface area contributed by atoms with Crippen molar-refractivity contribution in [2.45, 2.75) is 47.1 Å². The summed E-state index contributed by atoms with van der Waals surface area (Å²) in [5.74, 6) is -0.160. The van der Waals surface area contributed by atoms with Crippen LogP contribution in [0.2, 0.25) is 0 Å². The largest absolute Gasteiger partial charge is 0.456 e. The highest BCUT2D eigenvalue weighted by molar-refractivity contribution is 5.94. The van der Waals surface area contributed by atoms with E-state index in [0.717, 1.165) is 0 Å². The van der Waals surface area contributed by atoms with Crippen molar-refractivity contribution in [3.63, 3.8) is 0 Å². The molecule has 0 aliphatic heterocycles. The Kier molecular flexibility index (Phi) is 5.53. The second-order valence-electron chi connectivity index (χ2n) is 6.60. The van der Waals surface area contributed by atoms with Crippen LogP contribution in [-0.4, -0.2) is 17.5 Å². The monoisotopic (exact) mass is 291 g/mol. The maximum atomic E-state index is 12.0. The van der Waals surface area contributed by atoms with Gasteiger partial charge in [-0.1, -0.05) is 20.8 Å². The Balaban J connectivity index is 2.70. The lowest BCUT2D eigenvalue weighted by Gasteiger charge is -2.19. The van der Waals surface area contributed by atoms with Gasteiger partial charge >= 0.3 is 5.97 Å². The lowest BCUT2D eigenvalue weighted by Crippen LogP contribution is -2.25. The molecule has 0 radical (unpaired) electrons. The highest BCUT2D eigenvalue weighted by atomic mass is 16.6. The Morgan fingerprint density at radius 1 is 1.05 bits per heavy atom. The predicted octanol–water partition coefficient (Wildman–Crippen LogP) is 3.87. The molecule has 1 N–H and O–H groups in total. The highest BCUT2D eigenvalue weighted by Gasteiger charge is 2.19. The van der Waals surface area contributed by atoms with Crippen LogP contribution in [0.4, 0.5) is 5.69 Å². The molecule has 4 nitrogen and oxygen atoms in total. The van der Waals surface area contributed by atoms with E-state index in [1.807, 2.05) is 41.5 Å². The van der Waals surface area contributed by atoms with E-state index in [-0.39, 0.29) is 23.7 Å². The average molecular weight is 291 g/mol. The summed E-state index contributed by atoms with van der Waals surface area (Å²) in [6.07, 6.45) is 0. The number of benzene rings is 1. The first-order chi connectivity index (χ1) is 9.60. The van der Waals surface area contributed by atoms with Crippen LogP contribution in [-0.2, 0) is 9.53 Å². The number of esters is 1. The number of hydrogen-bond donors (Lipinski definition) is 1. The molecule has 1 atom stereocenters. The van der Waals surface area contributed by atoms with Crippen LogP contribution in [0.1, 0.15) is 51.9 Å². The number of carbonyl (C=O) groups is 2. The highest BCUT2D eigenvalue weighted by Crippen LogP contribution is 2.17. The van der Waals surface area contributed by atoms with Gasteiger partial charge in [-0.25, -0.2) is 4.79 Å². The zero-order valence-electron chi connectivity index (χ0n) is 13.7. The second-order valence-corrected chi connectivity index (χ2v) is 6.60. The molecule has 0 saturated heterocycles. The topological polar surface area (TPSA) is 55.4 Å². The first-order valence-corrected chi connectivity index (χ1v) is 7.24. The van der Waals surface area contributed by atoms with Gasteiger partial charge in [0.05, 0.1) is 5.56 Å². The fourth-order valence-electron chi connectivity index (χ4n) is 1.59. The third-order valence-corrected chi connectivity index (χ3v) is 3.20. The van der Waals surface area contributed by atoms with Crippen LogP contribution in [0.3, 0.4) is 0 Å². The number of nitrogens with one attached hydrogen (secondary N) is 1. The van der Waals surface area contributed by atoms with Gasteiger partial charge in [0.1, 0.15) is 5.60 Å². The van der Waals surface area contributed by atoms with Crippen molar-refractivity contribution in [3.05, 3.63) is 29.8 Å². The molecule has 1 rings (SSSR count). The van der Waals surface area contributed by atoms with E-state index < -0.39 is 5.60 Å². The summed E-state index contributed by atoms with van der Waals surface area (Å²) < 4.78 is 5.29. The Morgan fingerprint density at radius 3 is 2.00 bits per heavy atom. The van der Waals surface area contributed by atoms with Crippen LogP contribution in [0, 0.1) is 11.8 Å². The van der Waals surface area contributed by atoms with Crippen molar-refractivity contribution < 1.29 is 14.3 Å². The molecule has 4 heteroatoms. The Bertz CT molecular complexity index is 498. The second kappa shape index (κ2) is 6.74. The number of anilines is 1. The molecule has 1 aromatic carbocycles. The van der Waals surface area contributed by atoms with Crippen LogP contribution in [0.15, 0.2) is 24.3 Å². The molecule has 0 aromatic heterocycles. The van der Waals surface area contributed by atoms with Gasteiger partial charge in [-0.15, -0.1) is 0 Å². The van der Waals surface area contributed by atoms with Gasteiger partial charge in [0.15, 0.2) is 0 Å². The van der Waals surface area contributed by atoms with Crippen molar-refractivity contribution in [3.8, 4) is 0 Å². The maximum Gasteiger partial charge on any atom is 0.338 e. The quantitative estimate of drug-likeness (QED) is 0.857. The van der Waals surface area contributed by atoms with Crippen LogP contribution in [0.25, 0.3) is 0 Å². The summed E-state index contributed by atoms with van der Waals surface area (Å²) in [4.78, 5) is 23.8. The normalized spacial score (nSPS) is 12.9. The summed E-state index contributed by atoms with van der Waals surface area (Å²) in [6, 6.07) is 6.74. The van der Waals surface area contributed by atoms with E-state index in [1.54, 1.807) is 24.3 Å². The predicted molar refractivity (Wildman–Crippen MR) is 84.2 cm³/mol. The molecule has 0 spiro atoms. The van der Waals surface area contributed by atoms with Crippen molar-refractivity contribution in [2.24, 2.45) is 11.8 Å². The van der Waals surface area contributed by atoms with E-state index in [2.05, 4.69) is 5.32 Å². The first kappa shape index (κ1) is 17.2. The van der Waals surface area contributed by atoms with Gasteiger partial charge in [0.2, 0.25) is 5.91 Å². The van der Waals surface area contributed by atoms with E-state index in [0.29, 0.717) is 11.3 Å². The molecule has 21 heavy (non-hydrogen) atoms. The summed E-state index contributed by atoms with van der Waals surface area (Å²) in [6.45, 7) is 11.4. The zero-order chi connectivity index (χ0) is 16.2. The average Bonchev–Trinajstić information content (AvgIpc) is 2.36. The molecule has 1 amide bonds. The van der Waals surface area contributed by atoms with Gasteiger partial charge in [0, 0.05) is 11.6 Å². The van der Waals surface area contributed by atoms with Gasteiger partial charge in [-0.3, -0.25) is 4.79 Å². The van der Waals surface area contributed by atoms with Crippen LogP contribution in [0.5, 0.6) is 0 Å². The molecular formula is C17H25NO3. The lowest BCUT2D eigenvalue weighted by molar-refractivity contribution is -0.120. The molecular weight excluding hydrogens is 266 g/mol. The fraction of sp³-hybridized carbons (Fsp3) is 0.529. The van der Waals surface area contributed by atoms with Crippen LogP contribution < -0.4 is 5.32 Å². The number of amides is 1. The molecule has 0 bridgehead atoms. The summed E-state index contributed by atoms with van der Waals surface area (Å²) >= 11 is 0. The Morgan fingerprint density at radius 2 is 1.57 bits per heavy atom.